The third-order valence-electron chi connectivity index (χ3n) is 3.85. The molecule has 1 aromatic carbocycles. The minimum atomic E-state index is -3.56. The molecule has 0 saturated carbocycles. The normalized spacial score (nSPS) is 19.2. The highest BCUT2D eigenvalue weighted by molar-refractivity contribution is 7.88. The summed E-state index contributed by atoms with van der Waals surface area (Å²) in [5, 5.41) is 3.52. The van der Waals surface area contributed by atoms with Crippen LogP contribution in [-0.2, 0) is 20.5 Å². The predicted molar refractivity (Wildman–Crippen MR) is 103 cm³/mol. The molecule has 1 N–H and O–H groups in total. The number of benzene rings is 1. The van der Waals surface area contributed by atoms with E-state index in [-0.39, 0.29) is 18.3 Å². The number of hydrogen-bond donors (Lipinski definition) is 1. The Balaban J connectivity index is 2.02. The fourth-order valence-corrected chi connectivity index (χ4v) is 4.91. The lowest BCUT2D eigenvalue weighted by molar-refractivity contribution is 0.0487. The van der Waals surface area contributed by atoms with Crippen molar-refractivity contribution in [3.8, 4) is 0 Å². The lowest BCUT2D eigenvalue weighted by Gasteiger charge is -2.33. The van der Waals surface area contributed by atoms with E-state index >= 15 is 0 Å². The van der Waals surface area contributed by atoms with Crippen molar-refractivity contribution in [2.24, 2.45) is 0 Å². The van der Waals surface area contributed by atoms with Crippen LogP contribution in [0.4, 0.5) is 4.79 Å². The molecule has 0 bridgehead atoms. The molecule has 1 heterocycles. The number of ether oxygens (including phenoxy) is 1. The Hall–Kier alpha value is -1.02. The highest BCUT2D eigenvalue weighted by atomic mass is 35.5. The van der Waals surface area contributed by atoms with Gasteiger partial charge < -0.3 is 10.1 Å². The highest BCUT2D eigenvalue weighted by Crippen LogP contribution is 2.25. The van der Waals surface area contributed by atoms with Crippen molar-refractivity contribution in [1.29, 1.82) is 0 Å². The van der Waals surface area contributed by atoms with Crippen molar-refractivity contribution in [3.05, 3.63) is 33.8 Å². The van der Waals surface area contributed by atoms with Crippen molar-refractivity contribution < 1.29 is 17.9 Å². The summed E-state index contributed by atoms with van der Waals surface area (Å²) in [5.74, 6) is -0.206. The lowest BCUT2D eigenvalue weighted by atomic mass is 10.1. The summed E-state index contributed by atoms with van der Waals surface area (Å²) in [6.07, 6.45) is 0.823. The van der Waals surface area contributed by atoms with Gasteiger partial charge in [0, 0.05) is 29.2 Å². The maximum absolute atomic E-state index is 12.7. The Morgan fingerprint density at radius 2 is 2.04 bits per heavy atom. The topological polar surface area (TPSA) is 75.7 Å². The summed E-state index contributed by atoms with van der Waals surface area (Å²) in [5.41, 5.74) is -0.103. The molecular formula is C17H24Cl2N2O4S. The second kappa shape index (κ2) is 8.33. The average molecular weight is 423 g/mol. The number of halogens is 2. The second-order valence-corrected chi connectivity index (χ2v) is 10.1. The molecule has 2 rings (SSSR count). The third kappa shape index (κ3) is 6.30. The standard InChI is InChI=1S/C17H24Cl2N2O4S/c1-17(2,3)25-16(22)20-14-5-4-8-21(10-14)26(23,24)11-12-6-7-13(18)9-15(12)19/h6-7,9,14H,4-5,8,10-11H2,1-3H3,(H,20,22)/t14-/m1/s1. The molecule has 0 spiro atoms. The van der Waals surface area contributed by atoms with E-state index < -0.39 is 21.7 Å². The minimum absolute atomic E-state index is 0.206. The number of nitrogens with zero attached hydrogens (tertiary/aromatic N) is 1. The van der Waals surface area contributed by atoms with Crippen LogP contribution in [0.25, 0.3) is 0 Å². The molecule has 1 fully saturated rings. The SMILES string of the molecule is CC(C)(C)OC(=O)N[C@@H]1CCCN(S(=O)(=O)Cc2ccc(Cl)cc2Cl)C1. The largest absolute Gasteiger partial charge is 0.444 e. The molecule has 9 heteroatoms. The molecule has 1 aliphatic rings. The Morgan fingerprint density at radius 3 is 2.65 bits per heavy atom. The van der Waals surface area contributed by atoms with Crippen LogP contribution in [-0.4, -0.2) is 43.5 Å². The zero-order valence-corrected chi connectivity index (χ0v) is 17.4. The number of alkyl carbamates (subject to hydrolysis) is 1. The number of carbonyl (C=O) groups excluding carboxylic acids is 1. The van der Waals surface area contributed by atoms with E-state index in [9.17, 15) is 13.2 Å². The van der Waals surface area contributed by atoms with Gasteiger partial charge in [-0.2, -0.15) is 4.31 Å². The van der Waals surface area contributed by atoms with Crippen molar-refractivity contribution in [3.63, 3.8) is 0 Å². The lowest BCUT2D eigenvalue weighted by Crippen LogP contribution is -2.50. The van der Waals surface area contributed by atoms with E-state index in [0.29, 0.717) is 35.0 Å². The van der Waals surface area contributed by atoms with Crippen LogP contribution in [0, 0.1) is 0 Å². The molecule has 0 radical (unpaired) electrons. The smallest absolute Gasteiger partial charge is 0.407 e. The minimum Gasteiger partial charge on any atom is -0.444 e. The zero-order valence-electron chi connectivity index (χ0n) is 15.1. The van der Waals surface area contributed by atoms with Crippen LogP contribution < -0.4 is 5.32 Å². The maximum Gasteiger partial charge on any atom is 0.407 e. The Bertz CT molecular complexity index is 763. The molecule has 26 heavy (non-hydrogen) atoms. The first-order chi connectivity index (χ1) is 12.0. The van der Waals surface area contributed by atoms with Crippen LogP contribution in [0.3, 0.4) is 0 Å². The van der Waals surface area contributed by atoms with E-state index in [1.54, 1.807) is 32.9 Å². The summed E-state index contributed by atoms with van der Waals surface area (Å²) in [6.45, 7) is 5.97. The summed E-state index contributed by atoms with van der Waals surface area (Å²) in [7, 11) is -3.56. The first-order valence-corrected chi connectivity index (χ1v) is 10.7. The van der Waals surface area contributed by atoms with Gasteiger partial charge in [-0.1, -0.05) is 29.3 Å². The van der Waals surface area contributed by atoms with Gasteiger partial charge in [0.25, 0.3) is 0 Å². The molecule has 0 unspecified atom stereocenters. The third-order valence-corrected chi connectivity index (χ3v) is 6.23. The van der Waals surface area contributed by atoms with Crippen LogP contribution in [0.5, 0.6) is 0 Å². The fourth-order valence-electron chi connectivity index (χ4n) is 2.71. The molecule has 1 saturated heterocycles. The first-order valence-electron chi connectivity index (χ1n) is 8.37. The van der Waals surface area contributed by atoms with E-state index in [1.807, 2.05) is 0 Å². The van der Waals surface area contributed by atoms with Gasteiger partial charge in [0.15, 0.2) is 0 Å². The molecule has 1 aromatic rings. The fraction of sp³-hybridized carbons (Fsp3) is 0.588. The van der Waals surface area contributed by atoms with Crippen molar-refractivity contribution in [1.82, 2.24) is 9.62 Å². The van der Waals surface area contributed by atoms with Gasteiger partial charge in [0.05, 0.1) is 5.75 Å². The van der Waals surface area contributed by atoms with Gasteiger partial charge in [-0.15, -0.1) is 0 Å². The van der Waals surface area contributed by atoms with Crippen LogP contribution >= 0.6 is 23.2 Å². The Morgan fingerprint density at radius 1 is 1.35 bits per heavy atom. The number of piperidine rings is 1. The number of hydrogen-bond acceptors (Lipinski definition) is 4. The van der Waals surface area contributed by atoms with Crippen LogP contribution in [0.2, 0.25) is 10.0 Å². The summed E-state index contributed by atoms with van der Waals surface area (Å²) in [6, 6.07) is 4.47. The van der Waals surface area contributed by atoms with Crippen LogP contribution in [0.1, 0.15) is 39.2 Å². The van der Waals surface area contributed by atoms with E-state index in [4.69, 9.17) is 27.9 Å². The van der Waals surface area contributed by atoms with Crippen molar-refractivity contribution >= 4 is 39.3 Å². The summed E-state index contributed by atoms with van der Waals surface area (Å²) < 4.78 is 32.1. The second-order valence-electron chi connectivity index (χ2n) is 7.34. The summed E-state index contributed by atoms with van der Waals surface area (Å²) >= 11 is 11.9. The molecule has 6 nitrogen and oxygen atoms in total. The number of sulfonamides is 1. The molecule has 146 valence electrons. The van der Waals surface area contributed by atoms with Gasteiger partial charge in [-0.25, -0.2) is 13.2 Å². The number of amides is 1. The summed E-state index contributed by atoms with van der Waals surface area (Å²) in [4.78, 5) is 11.9. The molecule has 0 aromatic heterocycles. The molecular weight excluding hydrogens is 399 g/mol. The van der Waals surface area contributed by atoms with E-state index in [1.165, 1.54) is 10.4 Å². The van der Waals surface area contributed by atoms with Gasteiger partial charge in [0.2, 0.25) is 10.0 Å². The maximum atomic E-state index is 12.7. The molecule has 0 aliphatic carbocycles. The molecule has 1 amide bonds. The first kappa shape index (κ1) is 21.3. The predicted octanol–water partition coefficient (Wildman–Crippen LogP) is 3.81. The van der Waals surface area contributed by atoms with Gasteiger partial charge >= 0.3 is 6.09 Å². The van der Waals surface area contributed by atoms with Gasteiger partial charge in [-0.05, 0) is 51.3 Å². The Kier molecular flexibility index (Phi) is 6.82. The Labute approximate surface area is 164 Å². The number of nitrogens with one attached hydrogen (secondary N) is 1. The zero-order chi connectivity index (χ0) is 19.5. The quantitative estimate of drug-likeness (QED) is 0.799. The number of carbonyl (C=O) groups is 1. The molecule has 1 atom stereocenters. The van der Waals surface area contributed by atoms with E-state index in [2.05, 4.69) is 5.32 Å². The van der Waals surface area contributed by atoms with Crippen molar-refractivity contribution in [2.45, 2.75) is 51.0 Å². The molecule has 1 aliphatic heterocycles. The monoisotopic (exact) mass is 422 g/mol. The van der Waals surface area contributed by atoms with Crippen molar-refractivity contribution in [2.75, 3.05) is 13.1 Å². The van der Waals surface area contributed by atoms with Gasteiger partial charge in [0.1, 0.15) is 5.60 Å². The average Bonchev–Trinajstić information content (AvgIpc) is 2.48. The van der Waals surface area contributed by atoms with Crippen LogP contribution in [0.15, 0.2) is 18.2 Å². The highest BCUT2D eigenvalue weighted by Gasteiger charge is 2.31. The number of rotatable bonds is 4. The van der Waals surface area contributed by atoms with Gasteiger partial charge in [-0.3, -0.25) is 0 Å². The van der Waals surface area contributed by atoms with E-state index in [0.717, 1.165) is 0 Å².